The van der Waals surface area contributed by atoms with Gasteiger partial charge in [-0.1, -0.05) is 6.08 Å². The molecule has 1 atom stereocenters. The summed E-state index contributed by atoms with van der Waals surface area (Å²) in [6.07, 6.45) is 6.27. The van der Waals surface area contributed by atoms with Crippen molar-refractivity contribution in [2.45, 2.75) is 0 Å². The summed E-state index contributed by atoms with van der Waals surface area (Å²) in [4.78, 5) is 22.1. The Morgan fingerprint density at radius 1 is 1.45 bits per heavy atom. The predicted molar refractivity (Wildman–Crippen MR) is 42.1 cm³/mol. The molecule has 1 amide bonds. The van der Waals surface area contributed by atoms with E-state index in [-0.39, 0.29) is 11.8 Å². The van der Waals surface area contributed by atoms with Crippen molar-refractivity contribution in [3.8, 4) is 0 Å². The van der Waals surface area contributed by atoms with Crippen LogP contribution in [-0.4, -0.2) is 24.3 Å². The topological polar surface area (TPSA) is 54.1 Å². The van der Waals surface area contributed by atoms with Gasteiger partial charge in [-0.2, -0.15) is 4.99 Å². The van der Waals surface area contributed by atoms with Crippen LogP contribution in [0.5, 0.6) is 0 Å². The molecule has 0 bridgehead atoms. The van der Waals surface area contributed by atoms with E-state index in [1.54, 1.807) is 12.3 Å². The molecule has 0 saturated carbocycles. The maximum absolute atomic E-state index is 10.7. The summed E-state index contributed by atoms with van der Waals surface area (Å²) in [5, 5.41) is 0. The average Bonchev–Trinajstić information content (AvgIpc) is 2.04. The largest absolute Gasteiger partial charge is 0.271 e. The van der Waals surface area contributed by atoms with Crippen molar-refractivity contribution in [2.24, 2.45) is 20.9 Å². The summed E-state index contributed by atoms with van der Waals surface area (Å²) in [5.74, 6) is 0.286. The average molecular weight is 147 g/mol. The van der Waals surface area contributed by atoms with Crippen LogP contribution in [0.4, 0.5) is 0 Å². The zero-order chi connectivity index (χ0) is 7.68. The van der Waals surface area contributed by atoms with E-state index >= 15 is 0 Å². The van der Waals surface area contributed by atoms with Crippen LogP contribution in [0.2, 0.25) is 0 Å². The van der Waals surface area contributed by atoms with Gasteiger partial charge in [-0.05, 0) is 0 Å². The maximum atomic E-state index is 10.7. The van der Waals surface area contributed by atoms with Crippen LogP contribution < -0.4 is 0 Å². The van der Waals surface area contributed by atoms with Crippen LogP contribution in [0.25, 0.3) is 0 Å². The summed E-state index contributed by atoms with van der Waals surface area (Å²) in [6.45, 7) is 0. The molecule has 4 heteroatoms. The van der Waals surface area contributed by atoms with Crippen molar-refractivity contribution in [3.63, 3.8) is 0 Å². The summed E-state index contributed by atoms with van der Waals surface area (Å²) in [5.41, 5.74) is 0. The second-order valence-corrected chi connectivity index (χ2v) is 2.24. The minimum Gasteiger partial charge on any atom is -0.267 e. The van der Waals surface area contributed by atoms with Crippen LogP contribution >= 0.6 is 0 Å². The number of carbonyl (C=O) groups is 1. The fourth-order valence-corrected chi connectivity index (χ4v) is 0.952. The molecule has 4 nitrogen and oxygen atoms in total. The molecule has 0 aliphatic carbocycles. The Hall–Kier alpha value is -1.58. The van der Waals surface area contributed by atoms with Gasteiger partial charge in [0.2, 0.25) is 0 Å². The summed E-state index contributed by atoms with van der Waals surface area (Å²) in [7, 11) is 0. The second kappa shape index (κ2) is 2.23. The lowest BCUT2D eigenvalue weighted by atomic mass is 10.1. The molecule has 0 fully saturated rings. The van der Waals surface area contributed by atoms with Crippen LogP contribution in [0.15, 0.2) is 27.1 Å². The number of amides is 1. The Kier molecular flexibility index (Phi) is 1.25. The number of dihydropyridines is 1. The van der Waals surface area contributed by atoms with Gasteiger partial charge < -0.3 is 0 Å². The standard InChI is InChI=1S/C7H5N3O/c11-6-2-1-5-3-8-4-9-7(5)10-6/h1-5H. The highest BCUT2D eigenvalue weighted by atomic mass is 16.1. The maximum Gasteiger partial charge on any atom is 0.271 e. The van der Waals surface area contributed by atoms with E-state index in [2.05, 4.69) is 15.0 Å². The van der Waals surface area contributed by atoms with Crippen LogP contribution in [0.3, 0.4) is 0 Å². The lowest BCUT2D eigenvalue weighted by molar-refractivity contribution is -0.113. The third kappa shape index (κ3) is 1.02. The monoisotopic (exact) mass is 147 g/mol. The van der Waals surface area contributed by atoms with E-state index < -0.39 is 0 Å². The van der Waals surface area contributed by atoms with Crippen molar-refractivity contribution in [3.05, 3.63) is 12.2 Å². The molecule has 1 unspecified atom stereocenters. The fourth-order valence-electron chi connectivity index (χ4n) is 0.952. The van der Waals surface area contributed by atoms with Gasteiger partial charge in [0.1, 0.15) is 12.2 Å². The molecule has 11 heavy (non-hydrogen) atoms. The number of nitrogens with zero attached hydrogens (tertiary/aromatic N) is 3. The highest BCUT2D eigenvalue weighted by Gasteiger charge is 2.17. The summed E-state index contributed by atoms with van der Waals surface area (Å²) >= 11 is 0. The summed E-state index contributed by atoms with van der Waals surface area (Å²) in [6, 6.07) is 0. The molecule has 0 radical (unpaired) electrons. The first kappa shape index (κ1) is 6.15. The van der Waals surface area contributed by atoms with E-state index in [1.807, 2.05) is 0 Å². The van der Waals surface area contributed by atoms with Crippen molar-refractivity contribution >= 4 is 24.3 Å². The molecule has 2 aliphatic rings. The Morgan fingerprint density at radius 3 is 3.27 bits per heavy atom. The first-order valence-corrected chi connectivity index (χ1v) is 3.23. The van der Waals surface area contributed by atoms with E-state index in [4.69, 9.17) is 0 Å². The van der Waals surface area contributed by atoms with Gasteiger partial charge in [0.25, 0.3) is 5.91 Å². The molecule has 0 saturated heterocycles. The molecule has 0 aromatic rings. The number of rotatable bonds is 0. The molecule has 54 valence electrons. The van der Waals surface area contributed by atoms with Crippen LogP contribution in [0.1, 0.15) is 0 Å². The number of hydrogen-bond acceptors (Lipinski definition) is 3. The van der Waals surface area contributed by atoms with Crippen LogP contribution in [-0.2, 0) is 4.79 Å². The summed E-state index contributed by atoms with van der Waals surface area (Å²) < 4.78 is 0. The SMILES string of the molecule is O=C1C=CC2C=NC=NC2=N1. The van der Waals surface area contributed by atoms with E-state index in [1.165, 1.54) is 12.4 Å². The van der Waals surface area contributed by atoms with Gasteiger partial charge >= 0.3 is 0 Å². The molecule has 0 aromatic heterocycles. The number of carbonyl (C=O) groups excluding carboxylic acids is 1. The van der Waals surface area contributed by atoms with Gasteiger partial charge in [0, 0.05) is 12.3 Å². The zero-order valence-electron chi connectivity index (χ0n) is 5.64. The Morgan fingerprint density at radius 2 is 2.36 bits per heavy atom. The molecule has 0 spiro atoms. The minimum atomic E-state index is -0.247. The van der Waals surface area contributed by atoms with Gasteiger partial charge in [-0.3, -0.25) is 4.79 Å². The van der Waals surface area contributed by atoms with Gasteiger partial charge in [-0.25, -0.2) is 9.98 Å². The van der Waals surface area contributed by atoms with E-state index in [0.29, 0.717) is 5.84 Å². The molecule has 0 N–H and O–H groups in total. The quantitative estimate of drug-likeness (QED) is 0.483. The molecule has 2 heterocycles. The molecular weight excluding hydrogens is 142 g/mol. The number of amidine groups is 1. The molecule has 0 aromatic carbocycles. The number of aliphatic imine (C=N–C) groups is 3. The van der Waals surface area contributed by atoms with Crippen LogP contribution in [0, 0.1) is 5.92 Å². The lowest BCUT2D eigenvalue weighted by Gasteiger charge is -2.11. The smallest absolute Gasteiger partial charge is 0.267 e. The number of fused-ring (bicyclic) bond motifs is 1. The van der Waals surface area contributed by atoms with Crippen molar-refractivity contribution < 1.29 is 4.79 Å². The molecule has 2 aliphatic heterocycles. The Bertz CT molecular complexity index is 312. The minimum absolute atomic E-state index is 0.00213. The van der Waals surface area contributed by atoms with Crippen molar-refractivity contribution in [2.75, 3.05) is 0 Å². The zero-order valence-corrected chi connectivity index (χ0v) is 5.64. The normalized spacial score (nSPS) is 26.7. The first-order valence-electron chi connectivity index (χ1n) is 3.23. The third-order valence-electron chi connectivity index (χ3n) is 1.47. The van der Waals surface area contributed by atoms with Gasteiger partial charge in [-0.15, -0.1) is 0 Å². The lowest BCUT2D eigenvalue weighted by Crippen LogP contribution is -2.19. The predicted octanol–water partition coefficient (Wildman–Crippen LogP) is 0.210. The fraction of sp³-hybridized carbons (Fsp3) is 0.143. The Labute approximate surface area is 63.1 Å². The highest BCUT2D eigenvalue weighted by molar-refractivity contribution is 6.14. The molecule has 2 rings (SSSR count). The van der Waals surface area contributed by atoms with E-state index in [0.717, 1.165) is 0 Å². The van der Waals surface area contributed by atoms with Gasteiger partial charge in [0.15, 0.2) is 0 Å². The van der Waals surface area contributed by atoms with E-state index in [9.17, 15) is 4.79 Å². The third-order valence-corrected chi connectivity index (χ3v) is 1.47. The van der Waals surface area contributed by atoms with Crippen molar-refractivity contribution in [1.82, 2.24) is 0 Å². The Balaban J connectivity index is 2.39. The molecular formula is C7H5N3O. The first-order chi connectivity index (χ1) is 5.36. The van der Waals surface area contributed by atoms with Crippen molar-refractivity contribution in [1.29, 1.82) is 0 Å². The second-order valence-electron chi connectivity index (χ2n) is 2.24. The number of hydrogen-bond donors (Lipinski definition) is 0. The highest BCUT2D eigenvalue weighted by Crippen LogP contribution is 2.09. The van der Waals surface area contributed by atoms with Gasteiger partial charge in [0.05, 0.1) is 5.92 Å².